The lowest BCUT2D eigenvalue weighted by Crippen LogP contribution is -2.67. The zero-order valence-corrected chi connectivity index (χ0v) is 10.2. The van der Waals surface area contributed by atoms with Crippen LogP contribution in [0.3, 0.4) is 0 Å². The van der Waals surface area contributed by atoms with Crippen LogP contribution in [0, 0.1) is 5.92 Å². The van der Waals surface area contributed by atoms with E-state index in [1.165, 1.54) is 12.8 Å². The van der Waals surface area contributed by atoms with Crippen molar-refractivity contribution >= 4 is 11.8 Å². The Balaban J connectivity index is 2.08. The normalized spacial score (nSPS) is 29.2. The molecule has 0 spiro atoms. The van der Waals surface area contributed by atoms with E-state index in [1.54, 1.807) is 11.8 Å². The molecule has 1 unspecified atom stereocenters. The molecule has 1 aliphatic heterocycles. The van der Waals surface area contributed by atoms with Crippen molar-refractivity contribution in [3.63, 3.8) is 0 Å². The summed E-state index contributed by atoms with van der Waals surface area (Å²) in [5, 5.41) is 2.72. The highest BCUT2D eigenvalue weighted by Gasteiger charge is 2.44. The third-order valence-corrected chi connectivity index (χ3v) is 3.67. The molecule has 0 aromatic heterocycles. The van der Waals surface area contributed by atoms with Gasteiger partial charge >= 0.3 is 0 Å². The fourth-order valence-corrected chi connectivity index (χ4v) is 2.17. The van der Waals surface area contributed by atoms with Crippen LogP contribution in [0.2, 0.25) is 0 Å². The van der Waals surface area contributed by atoms with Gasteiger partial charge in [0.1, 0.15) is 11.6 Å². The van der Waals surface area contributed by atoms with E-state index in [4.69, 9.17) is 0 Å². The second-order valence-corrected chi connectivity index (χ2v) is 5.48. The number of carbonyl (C=O) groups is 2. The molecule has 4 heteroatoms. The van der Waals surface area contributed by atoms with Gasteiger partial charge in [0.05, 0.1) is 0 Å². The molecule has 0 aromatic carbocycles. The average Bonchev–Trinajstić information content (AvgIpc) is 2.99. The van der Waals surface area contributed by atoms with Crippen molar-refractivity contribution in [2.75, 3.05) is 6.54 Å². The summed E-state index contributed by atoms with van der Waals surface area (Å²) in [5.74, 6) is 0.782. The number of carbonyl (C=O) groups excluding carboxylic acids is 2. The molecule has 1 saturated heterocycles. The Hall–Kier alpha value is -1.06. The van der Waals surface area contributed by atoms with Crippen LogP contribution in [-0.4, -0.2) is 34.8 Å². The number of amides is 2. The van der Waals surface area contributed by atoms with Crippen molar-refractivity contribution in [3.05, 3.63) is 0 Å². The Kier molecular flexibility index (Phi) is 2.68. The largest absolute Gasteiger partial charge is 0.343 e. The molecular weight excluding hydrogens is 204 g/mol. The average molecular weight is 224 g/mol. The summed E-state index contributed by atoms with van der Waals surface area (Å²) in [6.07, 6.45) is 3.60. The highest BCUT2D eigenvalue weighted by molar-refractivity contribution is 5.99. The lowest BCUT2D eigenvalue weighted by atomic mass is 9.95. The molecule has 2 rings (SSSR count). The number of nitrogens with zero attached hydrogens (tertiary/aromatic N) is 1. The molecule has 4 nitrogen and oxygen atoms in total. The third kappa shape index (κ3) is 1.93. The molecule has 1 N–H and O–H groups in total. The van der Waals surface area contributed by atoms with Crippen molar-refractivity contribution in [2.24, 2.45) is 5.92 Å². The minimum Gasteiger partial charge on any atom is -0.343 e. The van der Waals surface area contributed by atoms with Gasteiger partial charge in [-0.25, -0.2) is 0 Å². The van der Waals surface area contributed by atoms with Crippen LogP contribution < -0.4 is 5.32 Å². The molecule has 2 fully saturated rings. The fraction of sp³-hybridized carbons (Fsp3) is 0.833. The maximum absolute atomic E-state index is 12.0. The molecular formula is C12H20N2O2. The second-order valence-electron chi connectivity index (χ2n) is 5.48. The van der Waals surface area contributed by atoms with Crippen LogP contribution >= 0.6 is 0 Å². The summed E-state index contributed by atoms with van der Waals surface area (Å²) in [4.78, 5) is 25.6. The van der Waals surface area contributed by atoms with Crippen LogP contribution in [0.1, 0.15) is 40.0 Å². The molecule has 0 radical (unpaired) electrons. The van der Waals surface area contributed by atoms with Gasteiger partial charge < -0.3 is 10.2 Å². The molecule has 0 aromatic rings. The summed E-state index contributed by atoms with van der Waals surface area (Å²) in [5.41, 5.74) is -0.696. The smallest absolute Gasteiger partial charge is 0.246 e. The number of hydrogen-bond acceptors (Lipinski definition) is 2. The molecule has 1 saturated carbocycles. The standard InChI is InChI=1S/C12H20N2O2/c1-8-10(15)14(7-6-9-4-5-9)12(2,3)11(16)13-8/h8-9H,4-7H2,1-3H3,(H,13,16). The van der Waals surface area contributed by atoms with E-state index in [0.29, 0.717) is 6.54 Å². The van der Waals surface area contributed by atoms with Crippen molar-refractivity contribution in [1.82, 2.24) is 10.2 Å². The van der Waals surface area contributed by atoms with Crippen LogP contribution in [0.25, 0.3) is 0 Å². The Morgan fingerprint density at radius 3 is 2.56 bits per heavy atom. The predicted octanol–water partition coefficient (Wildman–Crippen LogP) is 0.912. The van der Waals surface area contributed by atoms with Crippen LogP contribution in [0.15, 0.2) is 0 Å². The zero-order valence-electron chi connectivity index (χ0n) is 10.2. The van der Waals surface area contributed by atoms with Crippen molar-refractivity contribution < 1.29 is 9.59 Å². The molecule has 1 aliphatic carbocycles. The Morgan fingerprint density at radius 2 is 2.00 bits per heavy atom. The summed E-state index contributed by atoms with van der Waals surface area (Å²) < 4.78 is 0. The Bertz CT molecular complexity index is 321. The third-order valence-electron chi connectivity index (χ3n) is 3.67. The number of hydrogen-bond donors (Lipinski definition) is 1. The first kappa shape index (κ1) is 11.4. The molecule has 0 bridgehead atoms. The molecule has 16 heavy (non-hydrogen) atoms. The summed E-state index contributed by atoms with van der Waals surface area (Å²) in [6.45, 7) is 6.10. The van der Waals surface area contributed by atoms with Gasteiger partial charge in [-0.15, -0.1) is 0 Å². The van der Waals surface area contributed by atoms with E-state index >= 15 is 0 Å². The summed E-state index contributed by atoms with van der Waals surface area (Å²) in [7, 11) is 0. The van der Waals surface area contributed by atoms with Crippen LogP contribution in [-0.2, 0) is 9.59 Å². The monoisotopic (exact) mass is 224 g/mol. The SMILES string of the molecule is CC1NC(=O)C(C)(C)N(CCC2CC2)C1=O. The van der Waals surface area contributed by atoms with E-state index in [1.807, 2.05) is 13.8 Å². The van der Waals surface area contributed by atoms with Gasteiger partial charge in [-0.3, -0.25) is 9.59 Å². The van der Waals surface area contributed by atoms with E-state index in [0.717, 1.165) is 12.3 Å². The minimum absolute atomic E-state index is 0.0459. The minimum atomic E-state index is -0.696. The maximum atomic E-state index is 12.0. The highest BCUT2D eigenvalue weighted by atomic mass is 16.2. The summed E-state index contributed by atoms with van der Waals surface area (Å²) in [6, 6.07) is -0.375. The fourth-order valence-electron chi connectivity index (χ4n) is 2.17. The van der Waals surface area contributed by atoms with Gasteiger partial charge in [-0.1, -0.05) is 12.8 Å². The first-order valence-electron chi connectivity index (χ1n) is 6.05. The first-order chi connectivity index (χ1) is 7.43. The zero-order chi connectivity index (χ0) is 11.9. The van der Waals surface area contributed by atoms with Crippen molar-refractivity contribution in [1.29, 1.82) is 0 Å². The number of piperazine rings is 1. The lowest BCUT2D eigenvalue weighted by molar-refractivity contribution is -0.154. The highest BCUT2D eigenvalue weighted by Crippen LogP contribution is 2.33. The van der Waals surface area contributed by atoms with Gasteiger partial charge in [-0.2, -0.15) is 0 Å². The number of rotatable bonds is 3. The Morgan fingerprint density at radius 1 is 1.38 bits per heavy atom. The van der Waals surface area contributed by atoms with Crippen molar-refractivity contribution in [2.45, 2.75) is 51.6 Å². The first-order valence-corrected chi connectivity index (χ1v) is 6.05. The molecule has 90 valence electrons. The van der Waals surface area contributed by atoms with Gasteiger partial charge in [0.25, 0.3) is 0 Å². The maximum Gasteiger partial charge on any atom is 0.246 e. The van der Waals surface area contributed by atoms with Gasteiger partial charge in [0.2, 0.25) is 11.8 Å². The molecule has 1 heterocycles. The quantitative estimate of drug-likeness (QED) is 0.774. The van der Waals surface area contributed by atoms with Gasteiger partial charge in [0, 0.05) is 6.54 Å². The topological polar surface area (TPSA) is 49.4 Å². The van der Waals surface area contributed by atoms with E-state index < -0.39 is 5.54 Å². The Labute approximate surface area is 96.4 Å². The molecule has 1 atom stereocenters. The van der Waals surface area contributed by atoms with E-state index in [2.05, 4.69) is 5.32 Å². The molecule has 2 aliphatic rings. The van der Waals surface area contributed by atoms with E-state index in [-0.39, 0.29) is 17.9 Å². The lowest BCUT2D eigenvalue weighted by Gasteiger charge is -2.43. The van der Waals surface area contributed by atoms with Crippen molar-refractivity contribution in [3.8, 4) is 0 Å². The van der Waals surface area contributed by atoms with Crippen LogP contribution in [0.5, 0.6) is 0 Å². The second kappa shape index (κ2) is 3.75. The summed E-state index contributed by atoms with van der Waals surface area (Å²) >= 11 is 0. The molecule has 2 amide bonds. The number of nitrogens with one attached hydrogen (secondary N) is 1. The van der Waals surface area contributed by atoms with Gasteiger partial charge in [0.15, 0.2) is 0 Å². The van der Waals surface area contributed by atoms with E-state index in [9.17, 15) is 9.59 Å². The van der Waals surface area contributed by atoms with Gasteiger partial charge in [-0.05, 0) is 33.1 Å². The predicted molar refractivity (Wildman–Crippen MR) is 60.7 cm³/mol. The van der Waals surface area contributed by atoms with Crippen LogP contribution in [0.4, 0.5) is 0 Å².